The summed E-state index contributed by atoms with van der Waals surface area (Å²) in [6.07, 6.45) is 0. The van der Waals surface area contributed by atoms with Gasteiger partial charge in [-0.3, -0.25) is 0 Å². The molecule has 0 heterocycles. The van der Waals surface area contributed by atoms with Crippen LogP contribution in [0, 0.1) is 0 Å². The molecule has 0 amide bonds. The summed E-state index contributed by atoms with van der Waals surface area (Å²) in [5, 5.41) is 3.54. The van der Waals surface area contributed by atoms with Crippen molar-refractivity contribution in [1.29, 1.82) is 0 Å². The number of hydrogen-bond donors (Lipinski definition) is 1. The Balaban J connectivity index is 2.29. The Morgan fingerprint density at radius 3 is 2.71 bits per heavy atom. The Bertz CT molecular complexity index is 373. The Kier molecular flexibility index (Phi) is 6.12. The van der Waals surface area contributed by atoms with Gasteiger partial charge in [0.05, 0.1) is 0 Å². The average Bonchev–Trinajstić information content (AvgIpc) is 2.21. The van der Waals surface area contributed by atoms with Gasteiger partial charge in [0.1, 0.15) is 0 Å². The molecule has 1 rings (SSSR count). The molecule has 0 aliphatic carbocycles. The van der Waals surface area contributed by atoms with Crippen LogP contribution in [-0.4, -0.2) is 17.8 Å². The molecule has 1 N–H and O–H groups in total. The first-order valence-electron chi connectivity index (χ1n) is 4.74. The normalized spacial score (nSPS) is 11.8. The molecule has 0 saturated carbocycles. The second-order valence-corrected chi connectivity index (χ2v) is 5.66. The Hall–Kier alpha value is 0.0900. The van der Waals surface area contributed by atoms with E-state index in [1.807, 2.05) is 6.07 Å². The van der Waals surface area contributed by atoms with Gasteiger partial charge in [-0.15, -0.1) is 0 Å². The second kappa shape index (κ2) is 6.87. The van der Waals surface area contributed by atoms with E-state index in [9.17, 15) is 13.2 Å². The molecule has 0 aliphatic heterocycles. The average molecular weight is 349 g/mol. The number of thioether (sulfide) groups is 1. The molecule has 0 radical (unpaired) electrons. The highest BCUT2D eigenvalue weighted by atomic mass is 79.9. The van der Waals surface area contributed by atoms with Crippen LogP contribution in [0.2, 0.25) is 5.02 Å². The van der Waals surface area contributed by atoms with E-state index < -0.39 is 5.51 Å². The largest absolute Gasteiger partial charge is 0.441 e. The fourth-order valence-corrected chi connectivity index (χ4v) is 2.20. The fourth-order valence-electron chi connectivity index (χ4n) is 1.14. The highest BCUT2D eigenvalue weighted by Crippen LogP contribution is 2.29. The van der Waals surface area contributed by atoms with Crippen molar-refractivity contribution in [3.8, 4) is 0 Å². The van der Waals surface area contributed by atoms with Gasteiger partial charge in [-0.1, -0.05) is 27.5 Å². The minimum Gasteiger partial charge on any atom is -0.312 e. The lowest BCUT2D eigenvalue weighted by Gasteiger charge is -2.08. The summed E-state index contributed by atoms with van der Waals surface area (Å²) in [4.78, 5) is 0. The van der Waals surface area contributed by atoms with E-state index in [0.717, 1.165) is 10.0 Å². The highest BCUT2D eigenvalue weighted by Gasteiger charge is 2.27. The van der Waals surface area contributed by atoms with Crippen LogP contribution in [0.5, 0.6) is 0 Å². The molecule has 0 fully saturated rings. The van der Waals surface area contributed by atoms with Crippen LogP contribution in [0.25, 0.3) is 0 Å². The van der Waals surface area contributed by atoms with Gasteiger partial charge in [-0.25, -0.2) is 0 Å². The van der Waals surface area contributed by atoms with Crippen LogP contribution >= 0.6 is 39.3 Å². The van der Waals surface area contributed by atoms with Gasteiger partial charge in [0.25, 0.3) is 0 Å². The number of nitrogens with one attached hydrogen (secondary N) is 1. The number of hydrogen-bond acceptors (Lipinski definition) is 2. The summed E-state index contributed by atoms with van der Waals surface area (Å²) in [6, 6.07) is 5.33. The van der Waals surface area contributed by atoms with Crippen molar-refractivity contribution in [3.05, 3.63) is 33.3 Å². The molecule has 0 saturated heterocycles. The molecular weight excluding hydrogens is 339 g/mol. The number of benzene rings is 1. The summed E-state index contributed by atoms with van der Waals surface area (Å²) in [5.41, 5.74) is -3.23. The lowest BCUT2D eigenvalue weighted by atomic mass is 10.2. The Labute approximate surface area is 115 Å². The van der Waals surface area contributed by atoms with E-state index in [1.54, 1.807) is 12.1 Å². The molecule has 0 unspecified atom stereocenters. The summed E-state index contributed by atoms with van der Waals surface area (Å²) in [7, 11) is 0. The van der Waals surface area contributed by atoms with Crippen molar-refractivity contribution in [1.82, 2.24) is 5.32 Å². The van der Waals surface area contributed by atoms with E-state index in [2.05, 4.69) is 21.2 Å². The van der Waals surface area contributed by atoms with E-state index in [-0.39, 0.29) is 17.5 Å². The maximum Gasteiger partial charge on any atom is 0.441 e. The van der Waals surface area contributed by atoms with E-state index >= 15 is 0 Å². The molecule has 1 aromatic carbocycles. The minimum atomic E-state index is -4.15. The van der Waals surface area contributed by atoms with Crippen LogP contribution in [0.15, 0.2) is 22.7 Å². The first kappa shape index (κ1) is 15.1. The number of rotatable bonds is 5. The van der Waals surface area contributed by atoms with E-state index in [0.29, 0.717) is 18.1 Å². The molecule has 96 valence electrons. The predicted molar refractivity (Wildman–Crippen MR) is 69.4 cm³/mol. The lowest BCUT2D eigenvalue weighted by molar-refractivity contribution is -0.0327. The van der Waals surface area contributed by atoms with Gasteiger partial charge in [-0.05, 0) is 35.5 Å². The van der Waals surface area contributed by atoms with Gasteiger partial charge in [0.2, 0.25) is 0 Å². The van der Waals surface area contributed by atoms with Gasteiger partial charge < -0.3 is 5.32 Å². The zero-order valence-electron chi connectivity index (χ0n) is 8.65. The third-order valence-electron chi connectivity index (χ3n) is 1.87. The summed E-state index contributed by atoms with van der Waals surface area (Å²) in [6.45, 7) is 0.780. The molecule has 0 bridgehead atoms. The molecule has 7 heteroatoms. The first-order chi connectivity index (χ1) is 7.88. The van der Waals surface area contributed by atoms with E-state index in [4.69, 9.17) is 11.6 Å². The molecular formula is C10H10BrClF3NS. The van der Waals surface area contributed by atoms with Crippen LogP contribution in [-0.2, 0) is 6.54 Å². The summed E-state index contributed by atoms with van der Waals surface area (Å²) < 4.78 is 36.4. The SMILES string of the molecule is FC(F)(F)SCCNCc1cc(Cl)ccc1Br. The van der Waals surface area contributed by atoms with Crippen molar-refractivity contribution in [2.24, 2.45) is 0 Å². The van der Waals surface area contributed by atoms with Gasteiger partial charge >= 0.3 is 5.51 Å². The van der Waals surface area contributed by atoms with Crippen molar-refractivity contribution < 1.29 is 13.2 Å². The Morgan fingerprint density at radius 2 is 2.06 bits per heavy atom. The van der Waals surface area contributed by atoms with Gasteiger partial charge in [-0.2, -0.15) is 13.2 Å². The zero-order chi connectivity index (χ0) is 12.9. The van der Waals surface area contributed by atoms with Crippen molar-refractivity contribution in [2.75, 3.05) is 12.3 Å². The molecule has 0 aliphatic rings. The minimum absolute atomic E-state index is 0.00167. The summed E-state index contributed by atoms with van der Waals surface area (Å²) >= 11 is 9.14. The van der Waals surface area contributed by atoms with Crippen molar-refractivity contribution in [3.63, 3.8) is 0 Å². The third-order valence-corrected chi connectivity index (χ3v) is 3.61. The fraction of sp³-hybridized carbons (Fsp3) is 0.400. The highest BCUT2D eigenvalue weighted by molar-refractivity contribution is 9.10. The van der Waals surface area contributed by atoms with Gasteiger partial charge in [0.15, 0.2) is 0 Å². The van der Waals surface area contributed by atoms with E-state index in [1.165, 1.54) is 0 Å². The smallest absolute Gasteiger partial charge is 0.312 e. The zero-order valence-corrected chi connectivity index (χ0v) is 11.8. The van der Waals surface area contributed by atoms with Crippen molar-refractivity contribution in [2.45, 2.75) is 12.1 Å². The molecule has 17 heavy (non-hydrogen) atoms. The lowest BCUT2D eigenvalue weighted by Crippen LogP contribution is -2.18. The van der Waals surface area contributed by atoms with Gasteiger partial charge in [0, 0.05) is 28.3 Å². The van der Waals surface area contributed by atoms with Crippen molar-refractivity contribution >= 4 is 39.3 Å². The quantitative estimate of drug-likeness (QED) is 0.789. The molecule has 0 spiro atoms. The standard InChI is InChI=1S/C10H10BrClF3NS/c11-9-2-1-8(12)5-7(9)6-16-3-4-17-10(13,14)15/h1-2,5,16H,3-4,6H2. The maximum absolute atomic E-state index is 11.8. The van der Waals surface area contributed by atoms with Crippen LogP contribution in [0.1, 0.15) is 5.56 Å². The number of alkyl halides is 3. The third kappa shape index (κ3) is 6.55. The maximum atomic E-state index is 11.8. The predicted octanol–water partition coefficient (Wildman–Crippen LogP) is 4.45. The second-order valence-electron chi connectivity index (χ2n) is 3.21. The first-order valence-corrected chi connectivity index (χ1v) is 6.89. The van der Waals surface area contributed by atoms with Crippen LogP contribution in [0.3, 0.4) is 0 Å². The summed E-state index contributed by atoms with van der Waals surface area (Å²) in [5.74, 6) is 0.00167. The molecule has 1 aromatic rings. The monoisotopic (exact) mass is 347 g/mol. The number of halogens is 5. The molecule has 0 aromatic heterocycles. The topological polar surface area (TPSA) is 12.0 Å². The Morgan fingerprint density at radius 1 is 1.35 bits per heavy atom. The van der Waals surface area contributed by atoms with Crippen LogP contribution in [0.4, 0.5) is 13.2 Å². The van der Waals surface area contributed by atoms with Crippen LogP contribution < -0.4 is 5.32 Å². The molecule has 0 atom stereocenters. The molecule has 1 nitrogen and oxygen atoms in total.